The van der Waals surface area contributed by atoms with Crippen molar-refractivity contribution in [3.63, 3.8) is 0 Å². The molecular weight excluding hydrogens is 194 g/mol. The van der Waals surface area contributed by atoms with Gasteiger partial charge in [-0.3, -0.25) is 9.59 Å². The molecule has 3 N–H and O–H groups in total. The summed E-state index contributed by atoms with van der Waals surface area (Å²) in [7, 11) is 1.70. The summed E-state index contributed by atoms with van der Waals surface area (Å²) in [6.45, 7) is 6.07. The van der Waals surface area contributed by atoms with Crippen molar-refractivity contribution in [1.29, 1.82) is 0 Å². The first-order chi connectivity index (χ1) is 6.90. The Morgan fingerprint density at radius 2 is 1.93 bits per heavy atom. The van der Waals surface area contributed by atoms with E-state index in [1.165, 1.54) is 0 Å². The van der Waals surface area contributed by atoms with Crippen LogP contribution >= 0.6 is 0 Å². The van der Waals surface area contributed by atoms with E-state index in [0.717, 1.165) is 0 Å². The van der Waals surface area contributed by atoms with Gasteiger partial charge in [-0.05, 0) is 13.8 Å². The van der Waals surface area contributed by atoms with Crippen LogP contribution in [-0.2, 0) is 9.59 Å². The quantitative estimate of drug-likeness (QED) is 0.653. The van der Waals surface area contributed by atoms with Crippen LogP contribution in [-0.4, -0.2) is 42.9 Å². The zero-order chi connectivity index (χ0) is 12.0. The van der Waals surface area contributed by atoms with Crippen molar-refractivity contribution in [3.8, 4) is 0 Å². The number of carbonyl (C=O) groups excluding carboxylic acids is 2. The third-order valence-electron chi connectivity index (χ3n) is 2.52. The number of hydrogen-bond acceptors (Lipinski definition) is 3. The summed E-state index contributed by atoms with van der Waals surface area (Å²) in [5.74, 6) is -0.546. The van der Waals surface area contributed by atoms with Crippen LogP contribution in [0.3, 0.4) is 0 Å². The topological polar surface area (TPSA) is 75.4 Å². The van der Waals surface area contributed by atoms with Crippen molar-refractivity contribution in [2.24, 2.45) is 11.7 Å². The summed E-state index contributed by atoms with van der Waals surface area (Å²) in [6, 6.07) is -0.205. The lowest BCUT2D eigenvalue weighted by molar-refractivity contribution is -0.132. The zero-order valence-corrected chi connectivity index (χ0v) is 9.91. The lowest BCUT2D eigenvalue weighted by Crippen LogP contribution is -2.43. The molecule has 88 valence electrons. The van der Waals surface area contributed by atoms with Gasteiger partial charge >= 0.3 is 0 Å². The molecule has 0 aliphatic carbocycles. The van der Waals surface area contributed by atoms with E-state index in [9.17, 15) is 9.59 Å². The molecule has 0 aromatic carbocycles. The van der Waals surface area contributed by atoms with E-state index in [1.54, 1.807) is 25.8 Å². The van der Waals surface area contributed by atoms with Gasteiger partial charge in [0.1, 0.15) is 0 Å². The Balaban J connectivity index is 3.96. The van der Waals surface area contributed by atoms with Gasteiger partial charge in [0.25, 0.3) is 0 Å². The maximum absolute atomic E-state index is 11.4. The summed E-state index contributed by atoms with van der Waals surface area (Å²) in [4.78, 5) is 24.3. The summed E-state index contributed by atoms with van der Waals surface area (Å²) < 4.78 is 0. The molecule has 0 bridgehead atoms. The SMILES string of the molecule is CCN(C)C(=O)CNC(=O)C(C)C(C)N. The monoisotopic (exact) mass is 215 g/mol. The number of carbonyl (C=O) groups is 2. The van der Waals surface area contributed by atoms with Crippen LogP contribution in [0.2, 0.25) is 0 Å². The molecule has 2 unspecified atom stereocenters. The van der Waals surface area contributed by atoms with E-state index in [1.807, 2.05) is 6.92 Å². The Bertz CT molecular complexity index is 229. The fourth-order valence-corrected chi connectivity index (χ4v) is 0.874. The Kier molecular flexibility index (Phi) is 5.93. The molecule has 5 nitrogen and oxygen atoms in total. The smallest absolute Gasteiger partial charge is 0.241 e. The molecule has 0 heterocycles. The molecule has 0 aromatic heterocycles. The standard InChI is InChI=1S/C10H21N3O2/c1-5-13(4)9(14)6-12-10(15)7(2)8(3)11/h7-8H,5-6,11H2,1-4H3,(H,12,15). The average Bonchev–Trinajstić information content (AvgIpc) is 2.22. The number of likely N-dealkylation sites (N-methyl/N-ethyl adjacent to an activating group) is 1. The van der Waals surface area contributed by atoms with Crippen molar-refractivity contribution < 1.29 is 9.59 Å². The minimum absolute atomic E-state index is 0.0419. The van der Waals surface area contributed by atoms with E-state index >= 15 is 0 Å². The number of nitrogens with one attached hydrogen (secondary N) is 1. The summed E-state index contributed by atoms with van der Waals surface area (Å²) in [5, 5.41) is 2.57. The second-order valence-electron chi connectivity index (χ2n) is 3.77. The second kappa shape index (κ2) is 6.40. The highest BCUT2D eigenvalue weighted by molar-refractivity contribution is 5.85. The first-order valence-corrected chi connectivity index (χ1v) is 5.17. The van der Waals surface area contributed by atoms with E-state index in [2.05, 4.69) is 5.32 Å². The lowest BCUT2D eigenvalue weighted by atomic mass is 10.0. The van der Waals surface area contributed by atoms with Gasteiger partial charge in [0.15, 0.2) is 0 Å². The van der Waals surface area contributed by atoms with Gasteiger partial charge in [-0.2, -0.15) is 0 Å². The van der Waals surface area contributed by atoms with Crippen molar-refractivity contribution in [2.45, 2.75) is 26.8 Å². The molecule has 0 rings (SSSR count). The highest BCUT2D eigenvalue weighted by Gasteiger charge is 2.17. The van der Waals surface area contributed by atoms with Crippen LogP contribution in [0.15, 0.2) is 0 Å². The van der Waals surface area contributed by atoms with Gasteiger partial charge in [0.2, 0.25) is 11.8 Å². The van der Waals surface area contributed by atoms with E-state index in [4.69, 9.17) is 5.73 Å². The number of hydrogen-bond donors (Lipinski definition) is 2. The lowest BCUT2D eigenvalue weighted by Gasteiger charge is -2.18. The molecule has 2 amide bonds. The number of nitrogens with two attached hydrogens (primary N) is 1. The van der Waals surface area contributed by atoms with Crippen molar-refractivity contribution in [2.75, 3.05) is 20.1 Å². The van der Waals surface area contributed by atoms with Gasteiger partial charge in [0.05, 0.1) is 6.54 Å². The van der Waals surface area contributed by atoms with Crippen molar-refractivity contribution in [3.05, 3.63) is 0 Å². The normalized spacial score (nSPS) is 14.2. The minimum Gasteiger partial charge on any atom is -0.347 e. The summed E-state index contributed by atoms with van der Waals surface area (Å²) in [6.07, 6.45) is 0. The second-order valence-corrected chi connectivity index (χ2v) is 3.77. The Labute approximate surface area is 91.0 Å². The molecule has 0 aliphatic heterocycles. The van der Waals surface area contributed by atoms with Crippen LogP contribution in [0.4, 0.5) is 0 Å². The zero-order valence-electron chi connectivity index (χ0n) is 9.91. The maximum Gasteiger partial charge on any atom is 0.241 e. The molecule has 0 aliphatic rings. The van der Waals surface area contributed by atoms with Crippen molar-refractivity contribution >= 4 is 11.8 Å². The molecule has 0 saturated carbocycles. The fraction of sp³-hybridized carbons (Fsp3) is 0.800. The van der Waals surface area contributed by atoms with Crippen LogP contribution in [0.5, 0.6) is 0 Å². The molecule has 0 aromatic rings. The van der Waals surface area contributed by atoms with E-state index in [-0.39, 0.29) is 30.3 Å². The average molecular weight is 215 g/mol. The number of amides is 2. The summed E-state index contributed by atoms with van der Waals surface area (Å²) >= 11 is 0. The third kappa shape index (κ3) is 4.78. The number of rotatable bonds is 5. The Morgan fingerprint density at radius 3 is 2.33 bits per heavy atom. The number of nitrogens with zero attached hydrogens (tertiary/aromatic N) is 1. The molecular formula is C10H21N3O2. The molecule has 2 atom stereocenters. The molecule has 0 spiro atoms. The van der Waals surface area contributed by atoms with Gasteiger partial charge in [-0.25, -0.2) is 0 Å². The van der Waals surface area contributed by atoms with Crippen molar-refractivity contribution in [1.82, 2.24) is 10.2 Å². The van der Waals surface area contributed by atoms with Gasteiger partial charge < -0.3 is 16.0 Å². The highest BCUT2D eigenvalue weighted by Crippen LogP contribution is 1.98. The minimum atomic E-state index is -0.273. The first kappa shape index (κ1) is 13.9. The summed E-state index contributed by atoms with van der Waals surface area (Å²) in [5.41, 5.74) is 5.57. The predicted molar refractivity (Wildman–Crippen MR) is 59.1 cm³/mol. The van der Waals surface area contributed by atoms with E-state index in [0.29, 0.717) is 6.54 Å². The first-order valence-electron chi connectivity index (χ1n) is 5.17. The molecule has 0 fully saturated rings. The maximum atomic E-state index is 11.4. The molecule has 0 saturated heterocycles. The highest BCUT2D eigenvalue weighted by atomic mass is 16.2. The molecule has 5 heteroatoms. The molecule has 0 radical (unpaired) electrons. The van der Waals surface area contributed by atoms with Crippen LogP contribution < -0.4 is 11.1 Å². The van der Waals surface area contributed by atoms with Crippen LogP contribution in [0.1, 0.15) is 20.8 Å². The van der Waals surface area contributed by atoms with Gasteiger partial charge in [-0.1, -0.05) is 6.92 Å². The largest absolute Gasteiger partial charge is 0.347 e. The van der Waals surface area contributed by atoms with Crippen LogP contribution in [0.25, 0.3) is 0 Å². The van der Waals surface area contributed by atoms with Gasteiger partial charge in [0, 0.05) is 25.6 Å². The Morgan fingerprint density at radius 1 is 1.40 bits per heavy atom. The molecule has 15 heavy (non-hydrogen) atoms. The fourth-order valence-electron chi connectivity index (χ4n) is 0.874. The Hall–Kier alpha value is -1.10. The third-order valence-corrected chi connectivity index (χ3v) is 2.52. The van der Waals surface area contributed by atoms with E-state index < -0.39 is 0 Å². The predicted octanol–water partition coefficient (Wildman–Crippen LogP) is -0.436. The van der Waals surface area contributed by atoms with Gasteiger partial charge in [-0.15, -0.1) is 0 Å². The van der Waals surface area contributed by atoms with Crippen LogP contribution in [0, 0.1) is 5.92 Å².